The molecule has 5 heteroatoms. The van der Waals surface area contributed by atoms with Gasteiger partial charge in [-0.3, -0.25) is 9.69 Å². The van der Waals surface area contributed by atoms with E-state index in [9.17, 15) is 4.79 Å². The van der Waals surface area contributed by atoms with E-state index in [0.717, 1.165) is 49.8 Å². The molecule has 36 heavy (non-hydrogen) atoms. The lowest BCUT2D eigenvalue weighted by Crippen LogP contribution is -2.39. The van der Waals surface area contributed by atoms with Crippen LogP contribution >= 0.6 is 0 Å². The molecule has 0 aliphatic carbocycles. The van der Waals surface area contributed by atoms with Gasteiger partial charge in [0.2, 0.25) is 0 Å². The highest BCUT2D eigenvalue weighted by Crippen LogP contribution is 2.36. The molecule has 1 aliphatic rings. The number of hydrogen-bond donors (Lipinski definition) is 0. The van der Waals surface area contributed by atoms with Crippen LogP contribution in [-0.4, -0.2) is 56.1 Å². The molecule has 0 aromatic heterocycles. The quantitative estimate of drug-likeness (QED) is 0.368. The van der Waals surface area contributed by atoms with Crippen molar-refractivity contribution in [1.29, 1.82) is 0 Å². The smallest absolute Gasteiger partial charge is 0.253 e. The number of hydrogen-bond acceptors (Lipinski definition) is 4. The highest BCUT2D eigenvalue weighted by molar-refractivity contribution is 5.94. The fourth-order valence-corrected chi connectivity index (χ4v) is 5.28. The van der Waals surface area contributed by atoms with Crippen LogP contribution in [-0.2, 0) is 6.54 Å². The van der Waals surface area contributed by atoms with Gasteiger partial charge in [-0.1, -0.05) is 56.3 Å². The molecule has 2 atom stereocenters. The fourth-order valence-electron chi connectivity index (χ4n) is 5.28. The second-order valence-corrected chi connectivity index (χ2v) is 10.2. The Bertz CT molecular complexity index is 1130. The minimum atomic E-state index is 0.111. The Morgan fingerprint density at radius 3 is 2.31 bits per heavy atom. The van der Waals surface area contributed by atoms with E-state index in [2.05, 4.69) is 54.0 Å². The van der Waals surface area contributed by atoms with Crippen LogP contribution in [0.4, 0.5) is 0 Å². The summed E-state index contributed by atoms with van der Waals surface area (Å²) >= 11 is 0. The fraction of sp³-hybridized carbons (Fsp3) is 0.387. The Morgan fingerprint density at radius 2 is 1.61 bits per heavy atom. The van der Waals surface area contributed by atoms with Gasteiger partial charge in [-0.25, -0.2) is 0 Å². The van der Waals surface area contributed by atoms with E-state index < -0.39 is 0 Å². The average Bonchev–Trinajstić information content (AvgIpc) is 3.30. The lowest BCUT2D eigenvalue weighted by atomic mass is 9.88. The first-order valence-electron chi connectivity index (χ1n) is 12.8. The molecule has 1 amide bonds. The van der Waals surface area contributed by atoms with Crippen molar-refractivity contribution in [2.75, 3.05) is 40.4 Å². The summed E-state index contributed by atoms with van der Waals surface area (Å²) in [6, 6.07) is 26.4. The van der Waals surface area contributed by atoms with Gasteiger partial charge >= 0.3 is 0 Å². The van der Waals surface area contributed by atoms with Gasteiger partial charge in [-0.2, -0.15) is 0 Å². The highest BCUT2D eigenvalue weighted by atomic mass is 16.5. The second kappa shape index (κ2) is 12.1. The Morgan fingerprint density at radius 1 is 0.917 bits per heavy atom. The number of amides is 1. The van der Waals surface area contributed by atoms with Gasteiger partial charge in [0, 0.05) is 44.2 Å². The molecule has 3 aromatic carbocycles. The predicted octanol–water partition coefficient (Wildman–Crippen LogP) is 5.72. The normalized spacial score (nSPS) is 17.8. The molecule has 2 unspecified atom stereocenters. The topological polar surface area (TPSA) is 42.0 Å². The van der Waals surface area contributed by atoms with Crippen molar-refractivity contribution >= 4 is 5.91 Å². The standard InChI is InChI=1S/C31H38N2O3/c1-23(2)18-33(31(34)25-11-6-5-7-12-25)21-27-20-32(19-24-10-8-14-28(16-24)35-3)22-30(27)26-13-9-15-29(17-26)36-4/h5-17,23,27,30H,18-22H2,1-4H3. The Kier molecular flexibility index (Phi) is 8.65. The third-order valence-corrected chi connectivity index (χ3v) is 6.93. The molecule has 0 spiro atoms. The largest absolute Gasteiger partial charge is 0.497 e. The van der Waals surface area contributed by atoms with E-state index in [4.69, 9.17) is 9.47 Å². The maximum absolute atomic E-state index is 13.5. The molecule has 0 radical (unpaired) electrons. The van der Waals surface area contributed by atoms with Crippen molar-refractivity contribution < 1.29 is 14.3 Å². The first-order chi connectivity index (χ1) is 17.5. The Balaban J connectivity index is 1.59. The molecular weight excluding hydrogens is 448 g/mol. The zero-order chi connectivity index (χ0) is 25.5. The molecule has 3 aromatic rings. The molecule has 0 bridgehead atoms. The van der Waals surface area contributed by atoms with Crippen molar-refractivity contribution in [2.45, 2.75) is 26.3 Å². The third-order valence-electron chi connectivity index (χ3n) is 6.93. The van der Waals surface area contributed by atoms with E-state index in [1.807, 2.05) is 48.5 Å². The summed E-state index contributed by atoms with van der Waals surface area (Å²) in [5.41, 5.74) is 3.25. The molecule has 1 fully saturated rings. The van der Waals surface area contributed by atoms with Gasteiger partial charge < -0.3 is 14.4 Å². The number of carbonyl (C=O) groups excluding carboxylic acids is 1. The molecule has 0 saturated carbocycles. The van der Waals surface area contributed by atoms with Gasteiger partial charge in [0.1, 0.15) is 11.5 Å². The molecule has 190 valence electrons. The summed E-state index contributed by atoms with van der Waals surface area (Å²) in [6.45, 7) is 8.53. The third kappa shape index (κ3) is 6.46. The SMILES string of the molecule is COc1cccc(CN2CC(CN(CC(C)C)C(=O)c3ccccc3)C(c3cccc(OC)c3)C2)c1. The van der Waals surface area contributed by atoms with Gasteiger partial charge in [0.25, 0.3) is 5.91 Å². The van der Waals surface area contributed by atoms with Gasteiger partial charge in [0.05, 0.1) is 14.2 Å². The minimum Gasteiger partial charge on any atom is -0.497 e. The summed E-state index contributed by atoms with van der Waals surface area (Å²) in [7, 11) is 3.42. The summed E-state index contributed by atoms with van der Waals surface area (Å²) < 4.78 is 11.0. The molecule has 1 saturated heterocycles. The summed E-state index contributed by atoms with van der Waals surface area (Å²) in [5, 5.41) is 0. The summed E-state index contributed by atoms with van der Waals surface area (Å²) in [6.07, 6.45) is 0. The zero-order valence-electron chi connectivity index (χ0n) is 21.9. The van der Waals surface area contributed by atoms with Crippen LogP contribution in [0.5, 0.6) is 11.5 Å². The number of carbonyl (C=O) groups is 1. The van der Waals surface area contributed by atoms with Crippen molar-refractivity contribution in [3.63, 3.8) is 0 Å². The number of nitrogens with zero attached hydrogens (tertiary/aromatic N) is 2. The van der Waals surface area contributed by atoms with Gasteiger partial charge in [-0.15, -0.1) is 0 Å². The number of rotatable bonds is 10. The second-order valence-electron chi connectivity index (χ2n) is 10.2. The highest BCUT2D eigenvalue weighted by Gasteiger charge is 2.36. The number of benzene rings is 3. The summed E-state index contributed by atoms with van der Waals surface area (Å²) in [4.78, 5) is 18.1. The van der Waals surface area contributed by atoms with Gasteiger partial charge in [-0.05, 0) is 59.4 Å². The van der Waals surface area contributed by atoms with Crippen LogP contribution in [0, 0.1) is 11.8 Å². The molecule has 1 aliphatic heterocycles. The van der Waals surface area contributed by atoms with Crippen molar-refractivity contribution in [3.05, 3.63) is 95.6 Å². The first-order valence-corrected chi connectivity index (χ1v) is 12.8. The van der Waals surface area contributed by atoms with Crippen LogP contribution in [0.25, 0.3) is 0 Å². The van der Waals surface area contributed by atoms with E-state index in [1.54, 1.807) is 14.2 Å². The van der Waals surface area contributed by atoms with Crippen molar-refractivity contribution in [3.8, 4) is 11.5 Å². The van der Waals surface area contributed by atoms with E-state index in [0.29, 0.717) is 17.8 Å². The lowest BCUT2D eigenvalue weighted by molar-refractivity contribution is 0.0703. The predicted molar refractivity (Wildman–Crippen MR) is 145 cm³/mol. The number of methoxy groups -OCH3 is 2. The van der Waals surface area contributed by atoms with Crippen LogP contribution in [0.3, 0.4) is 0 Å². The lowest BCUT2D eigenvalue weighted by Gasteiger charge is -2.30. The van der Waals surface area contributed by atoms with Gasteiger partial charge in [0.15, 0.2) is 0 Å². The number of ether oxygens (including phenoxy) is 2. The van der Waals surface area contributed by atoms with E-state index >= 15 is 0 Å². The molecule has 0 N–H and O–H groups in total. The Labute approximate surface area is 215 Å². The number of likely N-dealkylation sites (tertiary alicyclic amines) is 1. The van der Waals surface area contributed by atoms with Crippen molar-refractivity contribution in [1.82, 2.24) is 9.80 Å². The molecule has 4 rings (SSSR count). The van der Waals surface area contributed by atoms with E-state index in [1.165, 1.54) is 11.1 Å². The maximum Gasteiger partial charge on any atom is 0.253 e. The van der Waals surface area contributed by atoms with Crippen molar-refractivity contribution in [2.24, 2.45) is 11.8 Å². The maximum atomic E-state index is 13.5. The van der Waals surface area contributed by atoms with Crippen LogP contribution < -0.4 is 9.47 Å². The minimum absolute atomic E-state index is 0.111. The van der Waals surface area contributed by atoms with Crippen LogP contribution in [0.2, 0.25) is 0 Å². The van der Waals surface area contributed by atoms with Crippen LogP contribution in [0.15, 0.2) is 78.9 Å². The zero-order valence-corrected chi connectivity index (χ0v) is 21.9. The van der Waals surface area contributed by atoms with E-state index in [-0.39, 0.29) is 5.91 Å². The molecule has 5 nitrogen and oxygen atoms in total. The van der Waals surface area contributed by atoms with Crippen LogP contribution in [0.1, 0.15) is 41.3 Å². The first kappa shape index (κ1) is 25.8. The monoisotopic (exact) mass is 486 g/mol. The average molecular weight is 487 g/mol. The Hall–Kier alpha value is -3.31. The molecular formula is C31H38N2O3. The summed E-state index contributed by atoms with van der Waals surface area (Å²) in [5.74, 6) is 2.88. The molecule has 1 heterocycles.